The monoisotopic (exact) mass is 503 g/mol. The Hall–Kier alpha value is -2.94. The minimum atomic E-state index is -1.03. The molecule has 0 aliphatic heterocycles. The SMILES string of the molecule is CCNC(=O)C1(C(=O)C[C@@H](CCCCNC(=O)OC(C)(C)C)C(=O)Nc2ccc(CO)cc2)CCC1. The zero-order valence-electron chi connectivity index (χ0n) is 21.9. The van der Waals surface area contributed by atoms with Crippen molar-refractivity contribution < 1.29 is 29.0 Å². The Morgan fingerprint density at radius 1 is 1.06 bits per heavy atom. The van der Waals surface area contributed by atoms with E-state index in [4.69, 9.17) is 4.74 Å². The van der Waals surface area contributed by atoms with Gasteiger partial charge in [0.15, 0.2) is 0 Å². The number of amides is 3. The number of Topliss-reactive ketones (excluding diaryl/α,β-unsaturated/α-hetero) is 1. The van der Waals surface area contributed by atoms with Crippen LogP contribution in [-0.2, 0) is 25.7 Å². The zero-order valence-corrected chi connectivity index (χ0v) is 21.9. The number of nitrogens with one attached hydrogen (secondary N) is 3. The smallest absolute Gasteiger partial charge is 0.407 e. The second kappa shape index (κ2) is 13.4. The van der Waals surface area contributed by atoms with Crippen LogP contribution in [0.25, 0.3) is 0 Å². The summed E-state index contributed by atoms with van der Waals surface area (Å²) in [5.74, 6) is -1.34. The quantitative estimate of drug-likeness (QED) is 0.240. The first-order valence-corrected chi connectivity index (χ1v) is 12.8. The molecule has 9 heteroatoms. The summed E-state index contributed by atoms with van der Waals surface area (Å²) < 4.78 is 5.23. The van der Waals surface area contributed by atoms with Crippen molar-refractivity contribution in [3.63, 3.8) is 0 Å². The van der Waals surface area contributed by atoms with Gasteiger partial charge in [0.25, 0.3) is 0 Å². The van der Waals surface area contributed by atoms with Gasteiger partial charge in [-0.05, 0) is 71.1 Å². The molecule has 1 aliphatic carbocycles. The molecule has 36 heavy (non-hydrogen) atoms. The number of ether oxygens (including phenoxy) is 1. The molecule has 1 aliphatic rings. The van der Waals surface area contributed by atoms with Crippen molar-refractivity contribution in [3.8, 4) is 0 Å². The van der Waals surface area contributed by atoms with Crippen LogP contribution >= 0.6 is 0 Å². The summed E-state index contributed by atoms with van der Waals surface area (Å²) in [4.78, 5) is 50.9. The van der Waals surface area contributed by atoms with E-state index >= 15 is 0 Å². The van der Waals surface area contributed by atoms with Gasteiger partial charge in [0, 0.05) is 31.1 Å². The van der Waals surface area contributed by atoms with E-state index in [2.05, 4.69) is 16.0 Å². The molecule has 1 aromatic rings. The summed E-state index contributed by atoms with van der Waals surface area (Å²) in [7, 11) is 0. The maximum atomic E-state index is 13.3. The normalized spacial score (nSPS) is 15.2. The van der Waals surface area contributed by atoms with Crippen LogP contribution in [-0.4, -0.2) is 47.5 Å². The van der Waals surface area contributed by atoms with Crippen LogP contribution < -0.4 is 16.0 Å². The molecule has 1 saturated carbocycles. The molecule has 0 aromatic heterocycles. The zero-order chi connectivity index (χ0) is 26.8. The molecular weight excluding hydrogens is 462 g/mol. The lowest BCUT2D eigenvalue weighted by molar-refractivity contribution is -0.149. The number of benzene rings is 1. The fourth-order valence-electron chi connectivity index (χ4n) is 4.20. The third-order valence-electron chi connectivity index (χ3n) is 6.37. The third-order valence-corrected chi connectivity index (χ3v) is 6.37. The summed E-state index contributed by atoms with van der Waals surface area (Å²) in [5, 5.41) is 17.6. The fraction of sp³-hybridized carbons (Fsp3) is 0.630. The van der Waals surface area contributed by atoms with E-state index in [0.29, 0.717) is 50.9 Å². The minimum absolute atomic E-state index is 0.0167. The van der Waals surface area contributed by atoms with Crippen molar-refractivity contribution in [3.05, 3.63) is 29.8 Å². The predicted molar refractivity (Wildman–Crippen MR) is 137 cm³/mol. The first kappa shape index (κ1) is 29.3. The van der Waals surface area contributed by atoms with Gasteiger partial charge in [0.05, 0.1) is 6.61 Å². The number of alkyl carbamates (subject to hydrolysis) is 1. The van der Waals surface area contributed by atoms with Crippen LogP contribution in [0, 0.1) is 11.3 Å². The third kappa shape index (κ3) is 8.62. The van der Waals surface area contributed by atoms with Crippen LogP contribution in [0.1, 0.15) is 78.2 Å². The standard InChI is InChI=1S/C27H41N3O6/c1-5-28-24(34)27(14-8-15-27)22(32)17-20(9-6-7-16-29-25(35)36-26(2,3)4)23(33)30-21-12-10-19(18-31)11-13-21/h10-13,20,31H,5-9,14-18H2,1-4H3,(H,28,34)(H,29,35)(H,30,33)/t20-/m1/s1. The molecule has 4 N–H and O–H groups in total. The van der Waals surface area contributed by atoms with Gasteiger partial charge in [-0.2, -0.15) is 0 Å². The Morgan fingerprint density at radius 3 is 2.25 bits per heavy atom. The van der Waals surface area contributed by atoms with E-state index < -0.39 is 23.0 Å². The number of carbonyl (C=O) groups excluding carboxylic acids is 4. The lowest BCUT2D eigenvalue weighted by Crippen LogP contribution is -2.51. The number of carbonyl (C=O) groups is 4. The van der Waals surface area contributed by atoms with Crippen LogP contribution in [0.4, 0.5) is 10.5 Å². The molecule has 3 amide bonds. The van der Waals surface area contributed by atoms with Gasteiger partial charge in [0.1, 0.15) is 16.8 Å². The molecule has 1 fully saturated rings. The maximum Gasteiger partial charge on any atom is 0.407 e. The fourth-order valence-corrected chi connectivity index (χ4v) is 4.20. The Balaban J connectivity index is 2.01. The average Bonchev–Trinajstić information content (AvgIpc) is 2.76. The topological polar surface area (TPSA) is 134 Å². The number of aliphatic hydroxyl groups is 1. The number of aliphatic hydroxyl groups excluding tert-OH is 1. The molecule has 0 bridgehead atoms. The predicted octanol–water partition coefficient (Wildman–Crippen LogP) is 3.69. The Bertz CT molecular complexity index is 903. The maximum absolute atomic E-state index is 13.3. The van der Waals surface area contributed by atoms with Crippen molar-refractivity contribution in [2.24, 2.45) is 11.3 Å². The summed E-state index contributed by atoms with van der Waals surface area (Å²) in [6.45, 7) is 7.94. The molecule has 0 unspecified atom stereocenters. The van der Waals surface area contributed by atoms with Crippen LogP contribution in [0.15, 0.2) is 24.3 Å². The lowest BCUT2D eigenvalue weighted by atomic mass is 9.63. The first-order valence-electron chi connectivity index (χ1n) is 12.8. The molecule has 200 valence electrons. The van der Waals surface area contributed by atoms with Gasteiger partial charge in [0.2, 0.25) is 11.8 Å². The van der Waals surface area contributed by atoms with E-state index in [-0.39, 0.29) is 30.6 Å². The van der Waals surface area contributed by atoms with Gasteiger partial charge in [-0.1, -0.05) is 25.0 Å². The van der Waals surface area contributed by atoms with Gasteiger partial charge in [-0.15, -0.1) is 0 Å². The van der Waals surface area contributed by atoms with Gasteiger partial charge in [-0.25, -0.2) is 4.79 Å². The number of ketones is 1. The van der Waals surface area contributed by atoms with Crippen LogP contribution in [0.3, 0.4) is 0 Å². The highest BCUT2D eigenvalue weighted by molar-refractivity contribution is 6.08. The molecule has 0 heterocycles. The second-order valence-electron chi connectivity index (χ2n) is 10.4. The lowest BCUT2D eigenvalue weighted by Gasteiger charge is -2.39. The summed E-state index contributed by atoms with van der Waals surface area (Å²) >= 11 is 0. The first-order chi connectivity index (χ1) is 17.0. The Morgan fingerprint density at radius 2 is 1.72 bits per heavy atom. The van der Waals surface area contributed by atoms with E-state index in [1.165, 1.54) is 0 Å². The molecule has 0 radical (unpaired) electrons. The number of hydrogen-bond donors (Lipinski definition) is 4. The van der Waals surface area contributed by atoms with Gasteiger partial charge < -0.3 is 25.8 Å². The van der Waals surface area contributed by atoms with E-state index in [9.17, 15) is 24.3 Å². The summed E-state index contributed by atoms with van der Waals surface area (Å²) in [5.41, 5.74) is -0.311. The Kier molecular flexibility index (Phi) is 10.9. The molecule has 0 saturated heterocycles. The van der Waals surface area contributed by atoms with Crippen molar-refractivity contribution >= 4 is 29.4 Å². The highest BCUT2D eigenvalue weighted by Gasteiger charge is 2.50. The van der Waals surface area contributed by atoms with Gasteiger partial charge in [-0.3, -0.25) is 14.4 Å². The van der Waals surface area contributed by atoms with E-state index in [1.807, 2.05) is 6.92 Å². The number of unbranched alkanes of at least 4 members (excludes halogenated alkanes) is 1. The number of rotatable bonds is 13. The summed E-state index contributed by atoms with van der Waals surface area (Å²) in [6.07, 6.45) is 2.98. The number of anilines is 1. The Labute approximate surface area is 213 Å². The molecule has 1 aromatic carbocycles. The van der Waals surface area contributed by atoms with Crippen LogP contribution in [0.2, 0.25) is 0 Å². The molecule has 2 rings (SSSR count). The molecule has 0 spiro atoms. The highest BCUT2D eigenvalue weighted by atomic mass is 16.6. The highest BCUT2D eigenvalue weighted by Crippen LogP contribution is 2.43. The minimum Gasteiger partial charge on any atom is -0.444 e. The van der Waals surface area contributed by atoms with Crippen molar-refractivity contribution in [2.45, 2.75) is 84.8 Å². The second-order valence-corrected chi connectivity index (χ2v) is 10.4. The van der Waals surface area contributed by atoms with Crippen molar-refractivity contribution in [1.82, 2.24) is 10.6 Å². The summed E-state index contributed by atoms with van der Waals surface area (Å²) in [6, 6.07) is 6.84. The van der Waals surface area contributed by atoms with Crippen molar-refractivity contribution in [2.75, 3.05) is 18.4 Å². The van der Waals surface area contributed by atoms with Crippen LogP contribution in [0.5, 0.6) is 0 Å². The largest absolute Gasteiger partial charge is 0.444 e. The van der Waals surface area contributed by atoms with Crippen molar-refractivity contribution in [1.29, 1.82) is 0 Å². The average molecular weight is 504 g/mol. The number of hydrogen-bond acceptors (Lipinski definition) is 6. The van der Waals surface area contributed by atoms with E-state index in [0.717, 1.165) is 12.0 Å². The molecule has 9 nitrogen and oxygen atoms in total. The molecular formula is C27H41N3O6. The molecule has 1 atom stereocenters. The van der Waals surface area contributed by atoms with E-state index in [1.54, 1.807) is 45.0 Å². The van der Waals surface area contributed by atoms with Gasteiger partial charge >= 0.3 is 6.09 Å².